The van der Waals surface area contributed by atoms with E-state index in [1.807, 2.05) is 20.8 Å². The normalized spacial score (nSPS) is 47.8. The van der Waals surface area contributed by atoms with Crippen molar-refractivity contribution in [2.75, 3.05) is 6.61 Å². The molecule has 96 valence electrons. The molecular weight excluding hydrogens is 226 g/mol. The number of aliphatic hydroxyl groups excluding tert-OH is 1. The number of nitrogens with zero attached hydrogens (tertiary/aromatic N) is 1. The molecule has 2 saturated heterocycles. The van der Waals surface area contributed by atoms with Gasteiger partial charge in [-0.2, -0.15) is 0 Å². The summed E-state index contributed by atoms with van der Waals surface area (Å²) in [6, 6.07) is 0. The predicted molar refractivity (Wildman–Crippen MR) is 57.6 cm³/mol. The van der Waals surface area contributed by atoms with Crippen molar-refractivity contribution in [3.8, 4) is 0 Å². The third-order valence-electron chi connectivity index (χ3n) is 3.39. The largest absolute Gasteiger partial charge is 0.386 e. The molecule has 0 radical (unpaired) electrons. The van der Waals surface area contributed by atoms with Gasteiger partial charge >= 0.3 is 0 Å². The van der Waals surface area contributed by atoms with E-state index in [0.717, 1.165) is 0 Å². The van der Waals surface area contributed by atoms with Gasteiger partial charge in [-0.15, -0.1) is 0 Å². The second-order valence-corrected chi connectivity index (χ2v) is 5.16. The van der Waals surface area contributed by atoms with Gasteiger partial charge in [0.25, 0.3) is 0 Å². The molecule has 2 fully saturated rings. The average molecular weight is 243 g/mol. The summed E-state index contributed by atoms with van der Waals surface area (Å²) in [5, 5.41) is 13.8. The van der Waals surface area contributed by atoms with Crippen LogP contribution in [0.1, 0.15) is 20.8 Å². The average Bonchev–Trinajstić information content (AvgIpc) is 2.86. The van der Waals surface area contributed by atoms with Crippen LogP contribution in [-0.2, 0) is 19.0 Å². The first-order valence-electron chi connectivity index (χ1n) is 5.87. The first-order valence-corrected chi connectivity index (χ1v) is 5.87. The molecule has 3 heterocycles. The molecule has 5 atom stereocenters. The molecule has 0 saturated carbocycles. The molecule has 0 aromatic carbocycles. The van der Waals surface area contributed by atoms with E-state index < -0.39 is 18.0 Å². The molecule has 3 rings (SSSR count). The first kappa shape index (κ1) is 11.4. The van der Waals surface area contributed by atoms with Crippen LogP contribution in [0.2, 0.25) is 0 Å². The second-order valence-electron chi connectivity index (χ2n) is 5.16. The lowest BCUT2D eigenvalue weighted by Crippen LogP contribution is -2.38. The van der Waals surface area contributed by atoms with Crippen molar-refractivity contribution in [2.45, 2.75) is 57.1 Å². The molecule has 17 heavy (non-hydrogen) atoms. The quantitative estimate of drug-likeness (QED) is 0.704. The van der Waals surface area contributed by atoms with E-state index in [-0.39, 0.29) is 18.3 Å². The van der Waals surface area contributed by atoms with Crippen LogP contribution >= 0.6 is 0 Å². The van der Waals surface area contributed by atoms with Gasteiger partial charge in [0, 0.05) is 0 Å². The van der Waals surface area contributed by atoms with Gasteiger partial charge in [0.1, 0.15) is 24.0 Å². The molecule has 0 spiro atoms. The summed E-state index contributed by atoms with van der Waals surface area (Å²) >= 11 is 0. The lowest BCUT2D eigenvalue weighted by Gasteiger charge is -2.18. The Bertz CT molecular complexity index is 356. The highest BCUT2D eigenvalue weighted by Gasteiger charge is 2.53. The van der Waals surface area contributed by atoms with Gasteiger partial charge in [0.15, 0.2) is 11.9 Å². The molecule has 0 aromatic rings. The summed E-state index contributed by atoms with van der Waals surface area (Å²) in [6.45, 7) is 5.97. The standard InChI is InChI=1S/C11H17NO5/c1-5-8(13)10-9(15-5)7(12-17-10)6-4-14-11(2,3)16-6/h5-6,8-10,13H,4H2,1-3H3/t5-,6?,8-,9+,10+/m1/s1. The van der Waals surface area contributed by atoms with Crippen LogP contribution in [0.5, 0.6) is 0 Å². The molecule has 3 aliphatic rings. The topological polar surface area (TPSA) is 69.5 Å². The first-order chi connectivity index (χ1) is 7.98. The molecular formula is C11H17NO5. The SMILES string of the molecule is C[C@H]1O[C@H]2C(C3COC(C)(C)O3)=NO[C@H]2[C@@H]1O. The minimum atomic E-state index is -0.642. The van der Waals surface area contributed by atoms with Crippen molar-refractivity contribution in [1.82, 2.24) is 0 Å². The Labute approximate surface area is 99.5 Å². The summed E-state index contributed by atoms with van der Waals surface area (Å²) in [5.41, 5.74) is 0.684. The summed E-state index contributed by atoms with van der Waals surface area (Å²) in [4.78, 5) is 5.23. The summed E-state index contributed by atoms with van der Waals surface area (Å²) in [6.07, 6.45) is -1.87. The fourth-order valence-corrected chi connectivity index (χ4v) is 2.44. The molecule has 0 aliphatic carbocycles. The van der Waals surface area contributed by atoms with E-state index in [1.54, 1.807) is 0 Å². The summed E-state index contributed by atoms with van der Waals surface area (Å²) < 4.78 is 16.9. The molecule has 0 amide bonds. The third-order valence-corrected chi connectivity index (χ3v) is 3.39. The Hall–Kier alpha value is -0.690. The predicted octanol–water partition coefficient (Wildman–Crippen LogP) is 0.0409. The maximum absolute atomic E-state index is 9.84. The van der Waals surface area contributed by atoms with E-state index in [1.165, 1.54) is 0 Å². The monoisotopic (exact) mass is 243 g/mol. The molecule has 0 bridgehead atoms. The minimum absolute atomic E-state index is 0.245. The minimum Gasteiger partial charge on any atom is -0.386 e. The molecule has 6 nitrogen and oxygen atoms in total. The lowest BCUT2D eigenvalue weighted by atomic mass is 10.0. The van der Waals surface area contributed by atoms with Crippen molar-refractivity contribution in [2.24, 2.45) is 5.16 Å². The van der Waals surface area contributed by atoms with E-state index in [4.69, 9.17) is 19.0 Å². The van der Waals surface area contributed by atoms with Crippen LogP contribution in [0.25, 0.3) is 0 Å². The van der Waals surface area contributed by atoms with Crippen molar-refractivity contribution in [3.63, 3.8) is 0 Å². The van der Waals surface area contributed by atoms with E-state index in [9.17, 15) is 5.11 Å². The molecule has 0 aromatic heterocycles. The van der Waals surface area contributed by atoms with Crippen molar-refractivity contribution >= 4 is 5.71 Å². The van der Waals surface area contributed by atoms with Crippen LogP contribution in [-0.4, -0.2) is 53.7 Å². The third kappa shape index (κ3) is 1.76. The zero-order valence-electron chi connectivity index (χ0n) is 10.1. The van der Waals surface area contributed by atoms with Gasteiger partial charge in [0.05, 0.1) is 12.7 Å². The van der Waals surface area contributed by atoms with Gasteiger partial charge in [-0.05, 0) is 20.8 Å². The Balaban J connectivity index is 1.74. The highest BCUT2D eigenvalue weighted by molar-refractivity contribution is 5.94. The fraction of sp³-hybridized carbons (Fsp3) is 0.909. The smallest absolute Gasteiger partial charge is 0.187 e. The van der Waals surface area contributed by atoms with Crippen LogP contribution in [0.3, 0.4) is 0 Å². The highest BCUT2D eigenvalue weighted by Crippen LogP contribution is 2.33. The zero-order valence-corrected chi connectivity index (χ0v) is 10.1. The number of oxime groups is 1. The summed E-state index contributed by atoms with van der Waals surface area (Å²) in [5.74, 6) is -0.603. The van der Waals surface area contributed by atoms with Gasteiger partial charge in [-0.1, -0.05) is 5.16 Å². The highest BCUT2D eigenvalue weighted by atomic mass is 16.7. The van der Waals surface area contributed by atoms with E-state index >= 15 is 0 Å². The van der Waals surface area contributed by atoms with E-state index in [0.29, 0.717) is 12.3 Å². The van der Waals surface area contributed by atoms with Crippen LogP contribution < -0.4 is 0 Å². The molecule has 6 heteroatoms. The van der Waals surface area contributed by atoms with Crippen molar-refractivity contribution < 1.29 is 24.2 Å². The lowest BCUT2D eigenvalue weighted by molar-refractivity contribution is -0.131. The molecule has 1 unspecified atom stereocenters. The zero-order chi connectivity index (χ0) is 12.2. The van der Waals surface area contributed by atoms with Crippen LogP contribution in [0.15, 0.2) is 5.16 Å². The van der Waals surface area contributed by atoms with Crippen molar-refractivity contribution in [1.29, 1.82) is 0 Å². The molecule has 1 N–H and O–H groups in total. The van der Waals surface area contributed by atoms with E-state index in [2.05, 4.69) is 5.16 Å². The number of hydrogen-bond donors (Lipinski definition) is 1. The molecule has 3 aliphatic heterocycles. The maximum Gasteiger partial charge on any atom is 0.187 e. The Morgan fingerprint density at radius 3 is 2.82 bits per heavy atom. The second kappa shape index (κ2) is 3.65. The maximum atomic E-state index is 9.84. The summed E-state index contributed by atoms with van der Waals surface area (Å²) in [7, 11) is 0. The van der Waals surface area contributed by atoms with Gasteiger partial charge in [0.2, 0.25) is 0 Å². The number of hydrogen-bond acceptors (Lipinski definition) is 6. The number of fused-ring (bicyclic) bond motifs is 1. The van der Waals surface area contributed by atoms with Gasteiger partial charge < -0.3 is 24.2 Å². The number of rotatable bonds is 1. The fourth-order valence-electron chi connectivity index (χ4n) is 2.44. The van der Waals surface area contributed by atoms with Crippen LogP contribution in [0.4, 0.5) is 0 Å². The van der Waals surface area contributed by atoms with Gasteiger partial charge in [-0.25, -0.2) is 0 Å². The Morgan fingerprint density at radius 2 is 2.18 bits per heavy atom. The van der Waals surface area contributed by atoms with Gasteiger partial charge in [-0.3, -0.25) is 0 Å². The number of aliphatic hydroxyl groups is 1. The Kier molecular flexibility index (Phi) is 2.45. The van der Waals surface area contributed by atoms with Crippen molar-refractivity contribution in [3.05, 3.63) is 0 Å². The van der Waals surface area contributed by atoms with Crippen LogP contribution in [0, 0.1) is 0 Å². The number of ether oxygens (including phenoxy) is 3. The Morgan fingerprint density at radius 1 is 1.41 bits per heavy atom.